The largest absolute Gasteiger partial charge is 0.497 e. The first-order valence-electron chi connectivity index (χ1n) is 9.06. The second-order valence-electron chi connectivity index (χ2n) is 6.56. The van der Waals surface area contributed by atoms with Crippen LogP contribution in [-0.2, 0) is 22.1 Å². The van der Waals surface area contributed by atoms with Crippen molar-refractivity contribution in [3.05, 3.63) is 70.3 Å². The lowest BCUT2D eigenvalue weighted by atomic mass is 9.81. The van der Waals surface area contributed by atoms with Crippen LogP contribution in [0.3, 0.4) is 0 Å². The number of methoxy groups -OCH3 is 1. The minimum absolute atomic E-state index is 0.112. The number of ether oxygens (including phenoxy) is 2. The first-order valence-corrected chi connectivity index (χ1v) is 9.06. The Morgan fingerprint density at radius 1 is 1.07 bits per heavy atom. The van der Waals surface area contributed by atoms with E-state index in [9.17, 15) is 18.0 Å². The Kier molecular flexibility index (Phi) is 5.77. The van der Waals surface area contributed by atoms with Crippen molar-refractivity contribution in [3.63, 3.8) is 0 Å². The fourth-order valence-corrected chi connectivity index (χ4v) is 3.48. The second kappa shape index (κ2) is 8.09. The van der Waals surface area contributed by atoms with Crippen LogP contribution in [0.25, 0.3) is 5.57 Å². The van der Waals surface area contributed by atoms with Gasteiger partial charge in [0.2, 0.25) is 0 Å². The van der Waals surface area contributed by atoms with Gasteiger partial charge in [-0.15, -0.1) is 0 Å². The fraction of sp³-hybridized carbons (Fsp3) is 0.318. The molecule has 3 rings (SSSR count). The molecule has 1 aliphatic carbocycles. The summed E-state index contributed by atoms with van der Waals surface area (Å²) in [5.74, 6) is 0.314. The smallest absolute Gasteiger partial charge is 0.416 e. The van der Waals surface area contributed by atoms with Crippen molar-refractivity contribution < 1.29 is 27.4 Å². The van der Waals surface area contributed by atoms with Crippen LogP contribution in [0.1, 0.15) is 42.0 Å². The van der Waals surface area contributed by atoms with Gasteiger partial charge in [-0.2, -0.15) is 13.2 Å². The van der Waals surface area contributed by atoms with Crippen LogP contribution in [0, 0.1) is 0 Å². The van der Waals surface area contributed by atoms with Crippen LogP contribution in [0.15, 0.2) is 48.0 Å². The number of fused-ring (bicyclic) bond motifs is 1. The van der Waals surface area contributed by atoms with Gasteiger partial charge < -0.3 is 9.47 Å². The monoisotopic (exact) mass is 390 g/mol. The van der Waals surface area contributed by atoms with Crippen LogP contribution < -0.4 is 4.74 Å². The van der Waals surface area contributed by atoms with Gasteiger partial charge in [0.15, 0.2) is 0 Å². The number of benzene rings is 2. The molecule has 0 saturated carbocycles. The minimum atomic E-state index is -4.39. The molecule has 0 bridgehead atoms. The molecule has 0 radical (unpaired) electrons. The van der Waals surface area contributed by atoms with E-state index >= 15 is 0 Å². The van der Waals surface area contributed by atoms with Crippen molar-refractivity contribution in [2.24, 2.45) is 0 Å². The lowest BCUT2D eigenvalue weighted by molar-refractivity contribution is -0.142. The maximum absolute atomic E-state index is 12.9. The predicted octanol–water partition coefficient (Wildman–Crippen LogP) is 5.42. The number of rotatable bonds is 5. The van der Waals surface area contributed by atoms with E-state index in [0.717, 1.165) is 40.8 Å². The quantitative estimate of drug-likeness (QED) is 0.640. The zero-order chi connectivity index (χ0) is 20.3. The third-order valence-corrected chi connectivity index (χ3v) is 4.80. The summed E-state index contributed by atoms with van der Waals surface area (Å²) in [6.45, 7) is 2.02. The van der Waals surface area contributed by atoms with E-state index in [1.807, 2.05) is 18.2 Å². The molecule has 28 heavy (non-hydrogen) atoms. The molecule has 0 atom stereocenters. The van der Waals surface area contributed by atoms with Crippen LogP contribution >= 0.6 is 0 Å². The summed E-state index contributed by atoms with van der Waals surface area (Å²) in [4.78, 5) is 12.1. The molecular weight excluding hydrogens is 369 g/mol. The number of esters is 1. The maximum Gasteiger partial charge on any atom is 0.416 e. The van der Waals surface area contributed by atoms with Crippen molar-refractivity contribution in [2.45, 2.75) is 32.4 Å². The fourth-order valence-electron chi connectivity index (χ4n) is 3.48. The Labute approximate surface area is 161 Å². The predicted molar refractivity (Wildman–Crippen MR) is 100 cm³/mol. The average molecular weight is 390 g/mol. The van der Waals surface area contributed by atoms with Crippen LogP contribution in [-0.4, -0.2) is 19.7 Å². The number of halogens is 3. The molecule has 0 amide bonds. The molecule has 0 spiro atoms. The lowest BCUT2D eigenvalue weighted by Gasteiger charge is -2.24. The van der Waals surface area contributed by atoms with Crippen molar-refractivity contribution in [3.8, 4) is 5.75 Å². The number of aryl methyl sites for hydroxylation is 1. The molecule has 0 aliphatic heterocycles. The summed E-state index contributed by atoms with van der Waals surface area (Å²) in [7, 11) is 1.56. The minimum Gasteiger partial charge on any atom is -0.497 e. The van der Waals surface area contributed by atoms with Gasteiger partial charge in [-0.3, -0.25) is 4.79 Å². The summed E-state index contributed by atoms with van der Waals surface area (Å²) in [6, 6.07) is 10.7. The zero-order valence-corrected chi connectivity index (χ0v) is 15.7. The maximum atomic E-state index is 12.9. The summed E-state index contributed by atoms with van der Waals surface area (Å²) < 4.78 is 49.2. The van der Waals surface area contributed by atoms with Crippen molar-refractivity contribution in [1.82, 2.24) is 0 Å². The molecule has 0 unspecified atom stereocenters. The number of carbonyl (C=O) groups excluding carboxylic acids is 1. The number of alkyl halides is 3. The summed E-state index contributed by atoms with van der Waals surface area (Å²) >= 11 is 0. The van der Waals surface area contributed by atoms with Gasteiger partial charge in [0, 0.05) is 0 Å². The first kappa shape index (κ1) is 20.0. The zero-order valence-electron chi connectivity index (χ0n) is 15.7. The first-order chi connectivity index (χ1) is 13.3. The summed E-state index contributed by atoms with van der Waals surface area (Å²) in [5, 5.41) is 0. The molecule has 0 fully saturated rings. The molecule has 0 heterocycles. The highest BCUT2D eigenvalue weighted by Crippen LogP contribution is 2.40. The topological polar surface area (TPSA) is 35.5 Å². The van der Waals surface area contributed by atoms with Crippen LogP contribution in [0.5, 0.6) is 5.75 Å². The molecular formula is C22H21F3O3. The molecule has 2 aromatic carbocycles. The van der Waals surface area contributed by atoms with Gasteiger partial charge in [-0.25, -0.2) is 0 Å². The Hall–Kier alpha value is -2.76. The average Bonchev–Trinajstić information content (AvgIpc) is 2.67. The van der Waals surface area contributed by atoms with Crippen molar-refractivity contribution in [1.29, 1.82) is 0 Å². The van der Waals surface area contributed by atoms with Gasteiger partial charge in [-0.05, 0) is 66.3 Å². The summed E-state index contributed by atoms with van der Waals surface area (Å²) in [6.07, 6.45) is -2.89. The molecule has 0 saturated heterocycles. The van der Waals surface area contributed by atoms with Gasteiger partial charge in [0.1, 0.15) is 5.75 Å². The molecule has 3 nitrogen and oxygen atoms in total. The normalized spacial score (nSPS) is 13.9. The molecule has 0 N–H and O–H groups in total. The lowest BCUT2D eigenvalue weighted by Crippen LogP contribution is -2.12. The SMILES string of the molecule is CCOC(=O)CC1=C(c2ccc(C(F)(F)F)cc2)c2cc(OC)ccc2CC1. The highest BCUT2D eigenvalue weighted by molar-refractivity contribution is 5.88. The van der Waals surface area contributed by atoms with Gasteiger partial charge in [-0.1, -0.05) is 23.8 Å². The van der Waals surface area contributed by atoms with Gasteiger partial charge in [0.25, 0.3) is 0 Å². The van der Waals surface area contributed by atoms with E-state index in [4.69, 9.17) is 9.47 Å². The Morgan fingerprint density at radius 3 is 2.39 bits per heavy atom. The Balaban J connectivity index is 2.11. The number of carbonyl (C=O) groups is 1. The molecule has 1 aliphatic rings. The van der Waals surface area contributed by atoms with Crippen molar-refractivity contribution in [2.75, 3.05) is 13.7 Å². The standard InChI is InChI=1S/C22H21F3O3/c1-3-28-20(26)12-16-5-4-14-8-11-18(27-2)13-19(14)21(16)15-6-9-17(10-7-15)22(23,24)25/h6-11,13H,3-5,12H2,1-2H3. The second-order valence-corrected chi connectivity index (χ2v) is 6.56. The Bertz CT molecular complexity index is 896. The van der Waals surface area contributed by atoms with E-state index in [-0.39, 0.29) is 19.0 Å². The third-order valence-electron chi connectivity index (χ3n) is 4.80. The van der Waals surface area contributed by atoms with Gasteiger partial charge >= 0.3 is 12.1 Å². The van der Waals surface area contributed by atoms with E-state index in [2.05, 4.69) is 0 Å². The van der Waals surface area contributed by atoms with E-state index in [0.29, 0.717) is 17.7 Å². The van der Waals surface area contributed by atoms with Crippen LogP contribution in [0.4, 0.5) is 13.2 Å². The molecule has 6 heteroatoms. The molecule has 148 valence electrons. The highest BCUT2D eigenvalue weighted by Gasteiger charge is 2.30. The molecule has 0 aromatic heterocycles. The van der Waals surface area contributed by atoms with Crippen molar-refractivity contribution >= 4 is 11.5 Å². The molecule has 2 aromatic rings. The number of hydrogen-bond donors (Lipinski definition) is 0. The number of hydrogen-bond acceptors (Lipinski definition) is 3. The Morgan fingerprint density at radius 2 is 1.79 bits per heavy atom. The van der Waals surface area contributed by atoms with E-state index < -0.39 is 11.7 Å². The van der Waals surface area contributed by atoms with E-state index in [1.165, 1.54) is 12.1 Å². The summed E-state index contributed by atoms with van der Waals surface area (Å²) in [5.41, 5.74) is 3.53. The van der Waals surface area contributed by atoms with Crippen LogP contribution in [0.2, 0.25) is 0 Å². The third kappa shape index (κ3) is 4.21. The highest BCUT2D eigenvalue weighted by atomic mass is 19.4. The van der Waals surface area contributed by atoms with Gasteiger partial charge in [0.05, 0.1) is 25.7 Å². The van der Waals surface area contributed by atoms with E-state index in [1.54, 1.807) is 14.0 Å².